The smallest absolute Gasteiger partial charge is 0.303 e. The van der Waals surface area contributed by atoms with Crippen LogP contribution in [0.4, 0.5) is 0 Å². The largest absolute Gasteiger partial charge is 0.481 e. The van der Waals surface area contributed by atoms with Crippen LogP contribution in [0.1, 0.15) is 55.9 Å². The Morgan fingerprint density at radius 3 is 2.56 bits per heavy atom. The monoisotopic (exact) mass is 250 g/mol. The van der Waals surface area contributed by atoms with E-state index in [9.17, 15) is 9.90 Å². The summed E-state index contributed by atoms with van der Waals surface area (Å²) < 4.78 is 0. The van der Waals surface area contributed by atoms with E-state index in [-0.39, 0.29) is 6.42 Å². The highest BCUT2D eigenvalue weighted by Gasteiger charge is 2.12. The van der Waals surface area contributed by atoms with Crippen LogP contribution in [0.25, 0.3) is 0 Å². The summed E-state index contributed by atoms with van der Waals surface area (Å²) in [5.74, 6) is -0.805. The highest BCUT2D eigenvalue weighted by Crippen LogP contribution is 2.25. The van der Waals surface area contributed by atoms with Crippen molar-refractivity contribution in [3.8, 4) is 0 Å². The molecule has 1 unspecified atom stereocenters. The summed E-state index contributed by atoms with van der Waals surface area (Å²) in [5.41, 5.74) is 3.32. The second-order valence-corrected chi connectivity index (χ2v) is 4.54. The zero-order valence-corrected chi connectivity index (χ0v) is 11.1. The standard InChI is InChI=1S/C15H22O3/c1-3-11-8-9-12(4-2)13(10-11)14(16)6-5-7-15(17)18/h8-10,14,16H,3-7H2,1-2H3,(H,17,18). The van der Waals surface area contributed by atoms with Gasteiger partial charge in [-0.05, 0) is 42.4 Å². The summed E-state index contributed by atoms with van der Waals surface area (Å²) in [4.78, 5) is 10.5. The van der Waals surface area contributed by atoms with Gasteiger partial charge in [-0.25, -0.2) is 0 Å². The highest BCUT2D eigenvalue weighted by molar-refractivity contribution is 5.66. The van der Waals surface area contributed by atoms with Crippen LogP contribution < -0.4 is 0 Å². The van der Waals surface area contributed by atoms with E-state index in [0.717, 1.165) is 24.0 Å². The van der Waals surface area contributed by atoms with Crippen LogP contribution in [0.3, 0.4) is 0 Å². The summed E-state index contributed by atoms with van der Waals surface area (Å²) >= 11 is 0. The molecule has 3 heteroatoms. The van der Waals surface area contributed by atoms with Crippen molar-refractivity contribution in [1.82, 2.24) is 0 Å². The summed E-state index contributed by atoms with van der Waals surface area (Å²) in [6.07, 6.45) is 2.41. The number of aryl methyl sites for hydroxylation is 2. The lowest BCUT2D eigenvalue weighted by Gasteiger charge is -2.16. The minimum absolute atomic E-state index is 0.117. The molecule has 1 aromatic rings. The van der Waals surface area contributed by atoms with E-state index in [0.29, 0.717) is 12.8 Å². The SMILES string of the molecule is CCc1ccc(CC)c(C(O)CCCC(=O)O)c1. The van der Waals surface area contributed by atoms with Gasteiger partial charge in [0.25, 0.3) is 0 Å². The Kier molecular flexibility index (Phi) is 5.86. The third-order valence-corrected chi connectivity index (χ3v) is 3.23. The number of benzene rings is 1. The molecule has 0 aromatic heterocycles. The van der Waals surface area contributed by atoms with Crippen molar-refractivity contribution in [1.29, 1.82) is 0 Å². The Bertz CT molecular complexity index is 399. The van der Waals surface area contributed by atoms with E-state index < -0.39 is 12.1 Å². The fourth-order valence-corrected chi connectivity index (χ4v) is 2.10. The zero-order valence-electron chi connectivity index (χ0n) is 11.1. The van der Waals surface area contributed by atoms with Gasteiger partial charge in [0.15, 0.2) is 0 Å². The minimum Gasteiger partial charge on any atom is -0.481 e. The normalized spacial score (nSPS) is 12.4. The average molecular weight is 250 g/mol. The Labute approximate surface area is 108 Å². The van der Waals surface area contributed by atoms with E-state index >= 15 is 0 Å². The summed E-state index contributed by atoms with van der Waals surface area (Å²) in [6, 6.07) is 6.20. The average Bonchev–Trinajstić information content (AvgIpc) is 2.37. The van der Waals surface area contributed by atoms with Gasteiger partial charge in [-0.3, -0.25) is 4.79 Å². The maximum Gasteiger partial charge on any atom is 0.303 e. The first-order valence-electron chi connectivity index (χ1n) is 6.60. The molecule has 0 aliphatic rings. The van der Waals surface area contributed by atoms with Crippen LogP contribution in [0.15, 0.2) is 18.2 Å². The molecule has 1 aromatic carbocycles. The van der Waals surface area contributed by atoms with E-state index in [2.05, 4.69) is 26.0 Å². The van der Waals surface area contributed by atoms with Gasteiger partial charge in [-0.15, -0.1) is 0 Å². The van der Waals surface area contributed by atoms with Crippen molar-refractivity contribution in [2.75, 3.05) is 0 Å². The number of hydrogen-bond acceptors (Lipinski definition) is 2. The summed E-state index contributed by atoms with van der Waals surface area (Å²) in [7, 11) is 0. The molecule has 0 radical (unpaired) electrons. The number of carbonyl (C=O) groups is 1. The molecule has 1 atom stereocenters. The number of aliphatic carboxylic acids is 1. The Balaban J connectivity index is 2.75. The van der Waals surface area contributed by atoms with Crippen LogP contribution in [0.2, 0.25) is 0 Å². The predicted octanol–water partition coefficient (Wildman–Crippen LogP) is 3.10. The lowest BCUT2D eigenvalue weighted by molar-refractivity contribution is -0.137. The molecule has 0 heterocycles. The molecule has 1 rings (SSSR count). The predicted molar refractivity (Wildman–Crippen MR) is 71.6 cm³/mol. The van der Waals surface area contributed by atoms with Gasteiger partial charge in [0.05, 0.1) is 6.10 Å². The molecule has 0 aliphatic heterocycles. The highest BCUT2D eigenvalue weighted by atomic mass is 16.4. The third-order valence-electron chi connectivity index (χ3n) is 3.23. The number of aliphatic hydroxyl groups is 1. The number of carboxylic acid groups (broad SMARTS) is 1. The maximum atomic E-state index is 10.5. The fraction of sp³-hybridized carbons (Fsp3) is 0.533. The van der Waals surface area contributed by atoms with E-state index in [1.54, 1.807) is 0 Å². The van der Waals surface area contributed by atoms with Crippen LogP contribution in [0, 0.1) is 0 Å². The molecular weight excluding hydrogens is 228 g/mol. The van der Waals surface area contributed by atoms with Gasteiger partial charge in [0.2, 0.25) is 0 Å². The number of hydrogen-bond donors (Lipinski definition) is 2. The topological polar surface area (TPSA) is 57.5 Å². The molecule has 0 fully saturated rings. The van der Waals surface area contributed by atoms with Crippen molar-refractivity contribution in [3.63, 3.8) is 0 Å². The Hall–Kier alpha value is -1.35. The Morgan fingerprint density at radius 1 is 1.28 bits per heavy atom. The van der Waals surface area contributed by atoms with Crippen LogP contribution in [0.5, 0.6) is 0 Å². The number of rotatable bonds is 7. The summed E-state index contributed by atoms with van der Waals surface area (Å²) in [6.45, 7) is 4.15. The minimum atomic E-state index is -0.805. The molecule has 3 nitrogen and oxygen atoms in total. The van der Waals surface area contributed by atoms with E-state index in [1.807, 2.05) is 6.07 Å². The molecule has 0 bridgehead atoms. The van der Waals surface area contributed by atoms with Crippen LogP contribution in [-0.4, -0.2) is 16.2 Å². The molecule has 0 spiro atoms. The van der Waals surface area contributed by atoms with Crippen molar-refractivity contribution in [2.45, 2.75) is 52.1 Å². The maximum absolute atomic E-state index is 10.5. The van der Waals surface area contributed by atoms with Gasteiger partial charge in [0.1, 0.15) is 0 Å². The van der Waals surface area contributed by atoms with Gasteiger partial charge in [0, 0.05) is 6.42 Å². The van der Waals surface area contributed by atoms with Crippen molar-refractivity contribution < 1.29 is 15.0 Å². The number of aliphatic hydroxyl groups excluding tert-OH is 1. The molecule has 18 heavy (non-hydrogen) atoms. The lowest BCUT2D eigenvalue weighted by Crippen LogP contribution is -2.04. The van der Waals surface area contributed by atoms with Crippen LogP contribution in [-0.2, 0) is 17.6 Å². The molecule has 2 N–H and O–H groups in total. The fourth-order valence-electron chi connectivity index (χ4n) is 2.10. The van der Waals surface area contributed by atoms with Crippen molar-refractivity contribution >= 4 is 5.97 Å². The van der Waals surface area contributed by atoms with Gasteiger partial charge >= 0.3 is 5.97 Å². The molecule has 0 saturated heterocycles. The second kappa shape index (κ2) is 7.17. The molecule has 0 amide bonds. The van der Waals surface area contributed by atoms with Gasteiger partial charge in [-0.1, -0.05) is 32.0 Å². The number of carboxylic acids is 1. The molecular formula is C15H22O3. The molecule has 0 aliphatic carbocycles. The molecule has 100 valence electrons. The van der Waals surface area contributed by atoms with Gasteiger partial charge in [-0.2, -0.15) is 0 Å². The van der Waals surface area contributed by atoms with E-state index in [1.165, 1.54) is 5.56 Å². The second-order valence-electron chi connectivity index (χ2n) is 4.54. The first kappa shape index (κ1) is 14.7. The first-order chi connectivity index (χ1) is 8.58. The first-order valence-corrected chi connectivity index (χ1v) is 6.60. The van der Waals surface area contributed by atoms with E-state index in [4.69, 9.17) is 5.11 Å². The molecule has 0 saturated carbocycles. The van der Waals surface area contributed by atoms with Crippen molar-refractivity contribution in [2.24, 2.45) is 0 Å². The van der Waals surface area contributed by atoms with Crippen molar-refractivity contribution in [3.05, 3.63) is 34.9 Å². The zero-order chi connectivity index (χ0) is 13.5. The Morgan fingerprint density at radius 2 is 2.00 bits per heavy atom. The lowest BCUT2D eigenvalue weighted by atomic mass is 9.94. The van der Waals surface area contributed by atoms with Crippen LogP contribution >= 0.6 is 0 Å². The van der Waals surface area contributed by atoms with Gasteiger partial charge < -0.3 is 10.2 Å². The quantitative estimate of drug-likeness (QED) is 0.781. The third kappa shape index (κ3) is 4.15. The summed E-state index contributed by atoms with van der Waals surface area (Å²) in [5, 5.41) is 18.8.